The molecule has 34 heavy (non-hydrogen) atoms. The lowest BCUT2D eigenvalue weighted by molar-refractivity contribution is 0.0606. The molecular formula is C23H19ClN6O3S. The molecule has 4 heterocycles. The van der Waals surface area contributed by atoms with E-state index in [9.17, 15) is 9.59 Å². The molecule has 0 radical (unpaired) electrons. The number of hydrogen-bond acceptors (Lipinski definition) is 7. The minimum atomic E-state index is -0.496. The second-order valence-corrected chi connectivity index (χ2v) is 8.92. The maximum atomic E-state index is 13.0. The minimum Gasteiger partial charge on any atom is -0.465 e. The Morgan fingerprint density at radius 2 is 2.06 bits per heavy atom. The number of halogens is 1. The van der Waals surface area contributed by atoms with Crippen LogP contribution in [0.1, 0.15) is 32.8 Å². The van der Waals surface area contributed by atoms with E-state index >= 15 is 0 Å². The van der Waals surface area contributed by atoms with E-state index < -0.39 is 5.97 Å². The normalized spacial score (nSPS) is 11.3. The number of nitrogens with zero attached hydrogens (tertiary/aromatic N) is 5. The zero-order chi connectivity index (χ0) is 24.0. The van der Waals surface area contributed by atoms with Crippen molar-refractivity contribution in [2.45, 2.75) is 20.4 Å². The van der Waals surface area contributed by atoms with Crippen molar-refractivity contribution in [2.75, 3.05) is 12.4 Å². The Morgan fingerprint density at radius 1 is 1.24 bits per heavy atom. The Bertz CT molecular complexity index is 1580. The lowest BCUT2D eigenvalue weighted by atomic mass is 10.2. The molecule has 0 aliphatic carbocycles. The molecule has 0 aliphatic heterocycles. The molecule has 0 atom stereocenters. The van der Waals surface area contributed by atoms with Crippen LogP contribution in [0.2, 0.25) is 5.02 Å². The largest absolute Gasteiger partial charge is 0.465 e. The molecule has 4 aromatic heterocycles. The lowest BCUT2D eigenvalue weighted by Crippen LogP contribution is -2.12. The fourth-order valence-electron chi connectivity index (χ4n) is 3.79. The van der Waals surface area contributed by atoms with Gasteiger partial charge < -0.3 is 10.1 Å². The summed E-state index contributed by atoms with van der Waals surface area (Å²) in [5.74, 6) is -0.878. The molecule has 5 aromatic rings. The summed E-state index contributed by atoms with van der Waals surface area (Å²) in [7, 11) is 1.31. The number of fused-ring (bicyclic) bond motifs is 2. The van der Waals surface area contributed by atoms with E-state index in [2.05, 4.69) is 20.5 Å². The summed E-state index contributed by atoms with van der Waals surface area (Å²) in [5, 5.41) is 12.8. The molecule has 1 amide bonds. The number of methoxy groups -OCH3 is 1. The summed E-state index contributed by atoms with van der Waals surface area (Å²) in [4.78, 5) is 29.6. The van der Waals surface area contributed by atoms with Gasteiger partial charge >= 0.3 is 5.97 Å². The van der Waals surface area contributed by atoms with Crippen molar-refractivity contribution >= 4 is 56.2 Å². The predicted octanol–water partition coefficient (Wildman–Crippen LogP) is 4.83. The van der Waals surface area contributed by atoms with Crippen LogP contribution in [0.4, 0.5) is 5.69 Å². The number of esters is 1. The highest BCUT2D eigenvalue weighted by molar-refractivity contribution is 7.21. The Balaban J connectivity index is 1.46. The molecule has 1 N–H and O–H groups in total. The van der Waals surface area contributed by atoms with Crippen molar-refractivity contribution in [2.24, 2.45) is 0 Å². The number of benzene rings is 1. The predicted molar refractivity (Wildman–Crippen MR) is 131 cm³/mol. The Hall–Kier alpha value is -3.76. The van der Waals surface area contributed by atoms with E-state index in [1.165, 1.54) is 18.4 Å². The number of ether oxygens (including phenoxy) is 1. The Kier molecular flexibility index (Phi) is 5.54. The second kappa shape index (κ2) is 8.54. The zero-order valence-electron chi connectivity index (χ0n) is 18.5. The molecule has 1 aromatic carbocycles. The number of thiophene rings is 1. The van der Waals surface area contributed by atoms with E-state index in [1.807, 2.05) is 24.6 Å². The van der Waals surface area contributed by atoms with E-state index in [4.69, 9.17) is 16.3 Å². The van der Waals surface area contributed by atoms with Gasteiger partial charge in [-0.05, 0) is 38.1 Å². The van der Waals surface area contributed by atoms with Crippen molar-refractivity contribution < 1.29 is 14.3 Å². The number of hydrogen-bond donors (Lipinski definition) is 1. The standard InChI is InChI=1S/C23H19ClN6O3S/c1-4-29-12(2)15(11-26-29)17-7-8-25-19-10-16(28-30(17)19)22(31)27-13-5-6-14-18(9-13)34-21(20(14)24)23(32)33-3/h5-11H,4H2,1-3H3,(H,27,31). The Labute approximate surface area is 202 Å². The topological polar surface area (TPSA) is 103 Å². The molecule has 0 saturated carbocycles. The average Bonchev–Trinajstić information content (AvgIpc) is 3.53. The van der Waals surface area contributed by atoms with Crippen molar-refractivity contribution in [3.63, 3.8) is 0 Å². The smallest absolute Gasteiger partial charge is 0.349 e. The van der Waals surface area contributed by atoms with Crippen LogP contribution in [0, 0.1) is 6.92 Å². The number of aromatic nitrogens is 5. The van der Waals surface area contributed by atoms with Gasteiger partial charge in [0.25, 0.3) is 5.91 Å². The van der Waals surface area contributed by atoms with Gasteiger partial charge in [0, 0.05) is 45.8 Å². The first kappa shape index (κ1) is 22.1. The van der Waals surface area contributed by atoms with Gasteiger partial charge in [-0.15, -0.1) is 11.3 Å². The summed E-state index contributed by atoms with van der Waals surface area (Å²) in [6.07, 6.45) is 3.48. The summed E-state index contributed by atoms with van der Waals surface area (Å²) < 4.78 is 9.08. The fraction of sp³-hybridized carbons (Fsp3) is 0.174. The molecule has 172 valence electrons. The van der Waals surface area contributed by atoms with E-state index in [-0.39, 0.29) is 11.6 Å². The average molecular weight is 495 g/mol. The first-order chi connectivity index (χ1) is 16.4. The number of aryl methyl sites for hydroxylation is 1. The summed E-state index contributed by atoms with van der Waals surface area (Å²) in [6.45, 7) is 4.78. The highest BCUT2D eigenvalue weighted by Crippen LogP contribution is 2.37. The molecule has 0 saturated heterocycles. The molecule has 9 nitrogen and oxygen atoms in total. The SMILES string of the molecule is CCn1ncc(-c2ccnc3cc(C(=O)Nc4ccc5c(Cl)c(C(=O)OC)sc5c4)nn23)c1C. The van der Waals surface area contributed by atoms with Crippen LogP contribution in [0.25, 0.3) is 27.0 Å². The van der Waals surface area contributed by atoms with Gasteiger partial charge in [-0.3, -0.25) is 9.48 Å². The molecule has 0 bridgehead atoms. The van der Waals surface area contributed by atoms with Crippen molar-refractivity contribution in [3.05, 3.63) is 64.0 Å². The third kappa shape index (κ3) is 3.61. The summed E-state index contributed by atoms with van der Waals surface area (Å²) in [5.41, 5.74) is 4.05. The molecule has 5 rings (SSSR count). The van der Waals surface area contributed by atoms with Crippen molar-refractivity contribution in [1.82, 2.24) is 24.4 Å². The fourth-order valence-corrected chi connectivity index (χ4v) is 5.25. The first-order valence-electron chi connectivity index (χ1n) is 10.4. The summed E-state index contributed by atoms with van der Waals surface area (Å²) in [6, 6.07) is 8.72. The number of anilines is 1. The summed E-state index contributed by atoms with van der Waals surface area (Å²) >= 11 is 7.52. The van der Waals surface area contributed by atoms with Crippen LogP contribution in [-0.2, 0) is 11.3 Å². The maximum absolute atomic E-state index is 13.0. The van der Waals surface area contributed by atoms with Crippen LogP contribution in [0.5, 0.6) is 0 Å². The first-order valence-corrected chi connectivity index (χ1v) is 11.6. The maximum Gasteiger partial charge on any atom is 0.349 e. The van der Waals surface area contributed by atoms with Gasteiger partial charge in [0.2, 0.25) is 0 Å². The van der Waals surface area contributed by atoms with Crippen LogP contribution in [0.3, 0.4) is 0 Å². The molecule has 0 aliphatic rings. The van der Waals surface area contributed by atoms with Crippen molar-refractivity contribution in [1.29, 1.82) is 0 Å². The molecule has 0 fully saturated rings. The van der Waals surface area contributed by atoms with Gasteiger partial charge in [-0.25, -0.2) is 14.3 Å². The minimum absolute atomic E-state index is 0.222. The van der Waals surface area contributed by atoms with Gasteiger partial charge in [-0.2, -0.15) is 10.2 Å². The zero-order valence-corrected chi connectivity index (χ0v) is 20.1. The molecule has 0 unspecified atom stereocenters. The molecular weight excluding hydrogens is 476 g/mol. The molecule has 0 spiro atoms. The third-order valence-electron chi connectivity index (χ3n) is 5.53. The number of rotatable bonds is 5. The van der Waals surface area contributed by atoms with Crippen LogP contribution < -0.4 is 5.32 Å². The number of nitrogens with one attached hydrogen (secondary N) is 1. The molecule has 11 heteroatoms. The number of amides is 1. The van der Waals surface area contributed by atoms with Crippen LogP contribution in [0.15, 0.2) is 42.7 Å². The third-order valence-corrected chi connectivity index (χ3v) is 7.16. The van der Waals surface area contributed by atoms with Crippen molar-refractivity contribution in [3.8, 4) is 11.3 Å². The van der Waals surface area contributed by atoms with E-state index in [0.29, 0.717) is 21.2 Å². The van der Waals surface area contributed by atoms with E-state index in [1.54, 1.807) is 41.2 Å². The lowest BCUT2D eigenvalue weighted by Gasteiger charge is -2.05. The van der Waals surface area contributed by atoms with Gasteiger partial charge in [0.15, 0.2) is 11.3 Å². The second-order valence-electron chi connectivity index (χ2n) is 7.49. The van der Waals surface area contributed by atoms with Crippen LogP contribution >= 0.6 is 22.9 Å². The highest BCUT2D eigenvalue weighted by Gasteiger charge is 2.20. The van der Waals surface area contributed by atoms with Crippen LogP contribution in [-0.4, -0.2) is 43.4 Å². The number of carbonyl (C=O) groups is 2. The quantitative estimate of drug-likeness (QED) is 0.351. The van der Waals surface area contributed by atoms with Gasteiger partial charge in [0.1, 0.15) is 4.88 Å². The number of carbonyl (C=O) groups excluding carboxylic acids is 2. The monoisotopic (exact) mass is 494 g/mol. The van der Waals surface area contributed by atoms with Gasteiger partial charge in [-0.1, -0.05) is 11.6 Å². The van der Waals surface area contributed by atoms with E-state index in [0.717, 1.165) is 33.6 Å². The Morgan fingerprint density at radius 3 is 2.79 bits per heavy atom. The highest BCUT2D eigenvalue weighted by atomic mass is 35.5. The van der Waals surface area contributed by atoms with Gasteiger partial charge in [0.05, 0.1) is 24.0 Å².